The molecular formula is C27H20ClF3N4O5. The lowest BCUT2D eigenvalue weighted by atomic mass is 10.1. The molecule has 0 spiro atoms. The van der Waals surface area contributed by atoms with E-state index in [0.29, 0.717) is 12.1 Å². The van der Waals surface area contributed by atoms with E-state index in [1.165, 1.54) is 22.8 Å². The molecule has 0 aliphatic heterocycles. The van der Waals surface area contributed by atoms with Crippen LogP contribution >= 0.6 is 11.6 Å². The van der Waals surface area contributed by atoms with E-state index in [1.54, 1.807) is 42.9 Å². The van der Waals surface area contributed by atoms with Gasteiger partial charge in [0.15, 0.2) is 0 Å². The first-order chi connectivity index (χ1) is 19.0. The van der Waals surface area contributed by atoms with E-state index >= 15 is 0 Å². The topological polar surface area (TPSA) is 127 Å². The van der Waals surface area contributed by atoms with E-state index < -0.39 is 28.4 Å². The maximum atomic E-state index is 13.1. The number of hydrogen-bond acceptors (Lipinski definition) is 7. The van der Waals surface area contributed by atoms with E-state index in [0.717, 1.165) is 24.6 Å². The smallest absolute Gasteiger partial charge is 0.417 e. The van der Waals surface area contributed by atoms with Crippen LogP contribution in [0.25, 0.3) is 0 Å². The molecule has 0 saturated heterocycles. The molecule has 0 aliphatic carbocycles. The van der Waals surface area contributed by atoms with E-state index in [-0.39, 0.29) is 29.5 Å². The number of halogens is 4. The summed E-state index contributed by atoms with van der Waals surface area (Å²) in [5.74, 6) is -0.789. The number of aromatic nitrogens is 3. The number of alkyl halides is 3. The zero-order valence-corrected chi connectivity index (χ0v) is 21.5. The van der Waals surface area contributed by atoms with Crippen molar-refractivity contribution >= 4 is 17.6 Å². The van der Waals surface area contributed by atoms with Crippen LogP contribution in [0.3, 0.4) is 0 Å². The summed E-state index contributed by atoms with van der Waals surface area (Å²) >= 11 is 5.63. The normalized spacial score (nSPS) is 10.6. The summed E-state index contributed by atoms with van der Waals surface area (Å²) in [7, 11) is 0. The third kappa shape index (κ3) is 8.57. The van der Waals surface area contributed by atoms with Gasteiger partial charge in [0.25, 0.3) is 5.97 Å². The number of carboxylic acids is 1. The van der Waals surface area contributed by atoms with Crippen molar-refractivity contribution in [3.63, 3.8) is 0 Å². The third-order valence-electron chi connectivity index (χ3n) is 4.97. The molecule has 4 aromatic rings. The second-order valence-electron chi connectivity index (χ2n) is 8.02. The Kier molecular flexibility index (Phi) is 9.83. The summed E-state index contributed by atoms with van der Waals surface area (Å²) in [6.07, 6.45) is 0.173. The molecule has 1 N–H and O–H groups in total. The molecular weight excluding hydrogens is 553 g/mol. The van der Waals surface area contributed by atoms with Crippen LogP contribution in [0.1, 0.15) is 29.2 Å². The maximum absolute atomic E-state index is 13.1. The average Bonchev–Trinajstić information content (AvgIpc) is 2.90. The van der Waals surface area contributed by atoms with Gasteiger partial charge in [0, 0.05) is 31.6 Å². The van der Waals surface area contributed by atoms with Crippen LogP contribution in [0.4, 0.5) is 13.2 Å². The molecule has 4 rings (SSSR count). The van der Waals surface area contributed by atoms with Crippen LogP contribution in [-0.4, -0.2) is 25.6 Å². The van der Waals surface area contributed by atoms with Crippen LogP contribution < -0.4 is 15.2 Å². The summed E-state index contributed by atoms with van der Waals surface area (Å²) in [5.41, 5.74) is 0.00332. The molecule has 2 heterocycles. The molecule has 9 nitrogen and oxygen atoms in total. The molecule has 0 amide bonds. The molecule has 206 valence electrons. The van der Waals surface area contributed by atoms with Crippen molar-refractivity contribution in [3.05, 3.63) is 111 Å². The fraction of sp³-hybridized carbons (Fsp3) is 0.148. The minimum absolute atomic E-state index is 0.00502. The third-order valence-corrected chi connectivity index (χ3v) is 5.30. The fourth-order valence-electron chi connectivity index (χ4n) is 3.21. The molecule has 40 heavy (non-hydrogen) atoms. The largest absolute Gasteiger partial charge is 0.481 e. The van der Waals surface area contributed by atoms with Crippen molar-refractivity contribution in [2.75, 3.05) is 0 Å². The minimum atomic E-state index is -4.65. The number of ether oxygens (including phenoxy) is 2. The number of rotatable bonds is 7. The van der Waals surface area contributed by atoms with Gasteiger partial charge in [-0.1, -0.05) is 17.7 Å². The van der Waals surface area contributed by atoms with Gasteiger partial charge in [-0.05, 0) is 53.6 Å². The fourth-order valence-corrected chi connectivity index (χ4v) is 3.44. The second-order valence-corrected chi connectivity index (χ2v) is 8.43. The molecule has 2 aromatic heterocycles. The van der Waals surface area contributed by atoms with Gasteiger partial charge >= 0.3 is 11.9 Å². The summed E-state index contributed by atoms with van der Waals surface area (Å²) in [6, 6.07) is 14.7. The lowest BCUT2D eigenvalue weighted by Crippen LogP contribution is -2.23. The summed E-state index contributed by atoms with van der Waals surface area (Å²) in [5, 5.41) is 16.4. The van der Waals surface area contributed by atoms with Crippen molar-refractivity contribution in [3.8, 4) is 23.4 Å². The van der Waals surface area contributed by atoms with Crippen LogP contribution in [0.5, 0.6) is 17.4 Å². The first-order valence-corrected chi connectivity index (χ1v) is 11.7. The van der Waals surface area contributed by atoms with Crippen LogP contribution in [0, 0.1) is 11.3 Å². The van der Waals surface area contributed by atoms with Crippen molar-refractivity contribution in [1.82, 2.24) is 14.5 Å². The predicted octanol–water partition coefficient (Wildman–Crippen LogP) is 5.69. The second kappa shape index (κ2) is 13.3. The first-order valence-electron chi connectivity index (χ1n) is 11.3. The van der Waals surface area contributed by atoms with Gasteiger partial charge < -0.3 is 14.6 Å². The summed E-state index contributed by atoms with van der Waals surface area (Å²) in [4.78, 5) is 29.1. The Morgan fingerprint density at radius 3 is 2.42 bits per heavy atom. The molecule has 13 heteroatoms. The first kappa shape index (κ1) is 29.7. The van der Waals surface area contributed by atoms with Gasteiger partial charge in [0.2, 0.25) is 5.88 Å². The SMILES string of the molecule is CC(=O)O.N#Cc1cc(COc2ccn(Cc3ccncc3)c(=O)n2)ccc1Oc1ccc(Cl)c(C(F)(F)F)c1. The monoisotopic (exact) mass is 572 g/mol. The summed E-state index contributed by atoms with van der Waals surface area (Å²) < 4.78 is 51.8. The molecule has 0 radical (unpaired) electrons. The summed E-state index contributed by atoms with van der Waals surface area (Å²) in [6.45, 7) is 1.41. The Morgan fingerprint density at radius 1 is 1.10 bits per heavy atom. The maximum Gasteiger partial charge on any atom is 0.417 e. The van der Waals surface area contributed by atoms with E-state index in [4.69, 9.17) is 31.0 Å². The molecule has 2 aromatic carbocycles. The quantitative estimate of drug-likeness (QED) is 0.299. The van der Waals surface area contributed by atoms with Crippen LogP contribution in [0.15, 0.2) is 78.0 Å². The Balaban J connectivity index is 0.00000103. The number of nitrogens with zero attached hydrogens (tertiary/aromatic N) is 4. The highest BCUT2D eigenvalue weighted by Gasteiger charge is 2.33. The van der Waals surface area contributed by atoms with E-state index in [2.05, 4.69) is 9.97 Å². The Bertz CT molecular complexity index is 1580. The predicted molar refractivity (Wildman–Crippen MR) is 137 cm³/mol. The lowest BCUT2D eigenvalue weighted by molar-refractivity contribution is -0.137. The van der Waals surface area contributed by atoms with E-state index in [1.807, 2.05) is 6.07 Å². The highest BCUT2D eigenvalue weighted by molar-refractivity contribution is 6.31. The molecule has 0 unspecified atom stereocenters. The zero-order chi connectivity index (χ0) is 29.3. The zero-order valence-electron chi connectivity index (χ0n) is 20.7. The van der Waals surface area contributed by atoms with Gasteiger partial charge in [-0.25, -0.2) is 4.79 Å². The van der Waals surface area contributed by atoms with Gasteiger partial charge in [-0.15, -0.1) is 0 Å². The highest BCUT2D eigenvalue weighted by atomic mass is 35.5. The molecule has 0 atom stereocenters. The number of nitriles is 1. The molecule has 0 bridgehead atoms. The van der Waals surface area contributed by atoms with Crippen molar-refractivity contribution < 1.29 is 32.5 Å². The minimum Gasteiger partial charge on any atom is -0.481 e. The standard InChI is InChI=1S/C25H16ClF3N4O3.C2H4O2/c26-21-3-2-19(12-20(21)25(27,28)29)36-22-4-1-17(11-18(22)13-30)15-35-23-7-10-33(24(34)32-23)14-16-5-8-31-9-6-16;1-2(3)4/h1-12H,14-15H2;1H3,(H,3,4). The lowest BCUT2D eigenvalue weighted by Gasteiger charge is -2.13. The van der Waals surface area contributed by atoms with Crippen molar-refractivity contribution in [2.45, 2.75) is 26.3 Å². The Morgan fingerprint density at radius 2 is 1.80 bits per heavy atom. The van der Waals surface area contributed by atoms with Gasteiger partial charge in [-0.2, -0.15) is 23.4 Å². The highest BCUT2D eigenvalue weighted by Crippen LogP contribution is 2.38. The number of aliphatic carboxylic acids is 1. The molecule has 0 fully saturated rings. The Hall–Kier alpha value is -4.89. The Labute approximate surface area is 230 Å². The van der Waals surface area contributed by atoms with Gasteiger partial charge in [-0.3, -0.25) is 14.3 Å². The number of benzene rings is 2. The molecule has 0 saturated carbocycles. The van der Waals surface area contributed by atoms with Crippen LogP contribution in [0.2, 0.25) is 5.02 Å². The van der Waals surface area contributed by atoms with Crippen molar-refractivity contribution in [2.24, 2.45) is 0 Å². The van der Waals surface area contributed by atoms with Crippen LogP contribution in [-0.2, 0) is 24.1 Å². The van der Waals surface area contributed by atoms with E-state index in [9.17, 15) is 23.2 Å². The average molecular weight is 573 g/mol. The number of hydrogen-bond donors (Lipinski definition) is 1. The van der Waals surface area contributed by atoms with Crippen molar-refractivity contribution in [1.29, 1.82) is 5.26 Å². The van der Waals surface area contributed by atoms with Gasteiger partial charge in [0.05, 0.1) is 22.7 Å². The molecule has 0 aliphatic rings. The number of carboxylic acid groups (broad SMARTS) is 1. The number of carbonyl (C=O) groups is 1. The number of pyridine rings is 1. The van der Waals surface area contributed by atoms with Gasteiger partial charge in [0.1, 0.15) is 24.2 Å².